The third-order valence-electron chi connectivity index (χ3n) is 3.76. The van der Waals surface area contributed by atoms with E-state index < -0.39 is 0 Å². The molecule has 132 valence electrons. The second-order valence-electron chi connectivity index (χ2n) is 6.18. The standard InChI is InChI=1S/C16H25N5O2S/c1-11(2)9-21-16(17-18-19-21)24-10-15(22)14-8-12(3)20(13(14)4)6-7-23-5/h8,11H,6-7,9-10H2,1-5H3. The maximum atomic E-state index is 12.6. The van der Waals surface area contributed by atoms with E-state index in [0.29, 0.717) is 23.4 Å². The van der Waals surface area contributed by atoms with Crippen molar-refractivity contribution in [1.29, 1.82) is 0 Å². The van der Waals surface area contributed by atoms with Crippen molar-refractivity contribution in [1.82, 2.24) is 24.8 Å². The quantitative estimate of drug-likeness (QED) is 0.510. The number of hydrogen-bond donors (Lipinski definition) is 0. The van der Waals surface area contributed by atoms with Crippen molar-refractivity contribution in [2.24, 2.45) is 5.92 Å². The molecule has 0 saturated carbocycles. The van der Waals surface area contributed by atoms with Gasteiger partial charge in [-0.25, -0.2) is 4.68 Å². The zero-order valence-corrected chi connectivity index (χ0v) is 15.8. The molecular formula is C16H25N5O2S. The van der Waals surface area contributed by atoms with Gasteiger partial charge in [0, 0.05) is 37.2 Å². The van der Waals surface area contributed by atoms with Crippen molar-refractivity contribution in [3.05, 3.63) is 23.0 Å². The van der Waals surface area contributed by atoms with E-state index in [2.05, 4.69) is 33.9 Å². The number of ketones is 1. The Morgan fingerprint density at radius 2 is 2.12 bits per heavy atom. The predicted octanol–water partition coefficient (Wildman–Crippen LogP) is 2.37. The number of Topliss-reactive ketones (excluding diaryl/α,β-unsaturated/α-hetero) is 1. The van der Waals surface area contributed by atoms with Gasteiger partial charge in [-0.15, -0.1) is 5.10 Å². The molecule has 2 heterocycles. The zero-order valence-electron chi connectivity index (χ0n) is 14.9. The Bertz CT molecular complexity index is 693. The monoisotopic (exact) mass is 351 g/mol. The van der Waals surface area contributed by atoms with E-state index in [1.807, 2.05) is 19.9 Å². The molecule has 0 N–H and O–H groups in total. The molecule has 0 spiro atoms. The fourth-order valence-electron chi connectivity index (χ4n) is 2.58. The first-order valence-corrected chi connectivity index (χ1v) is 9.00. The molecule has 7 nitrogen and oxygen atoms in total. The number of aromatic nitrogens is 5. The van der Waals surface area contributed by atoms with Gasteiger partial charge in [0.25, 0.3) is 0 Å². The largest absolute Gasteiger partial charge is 0.383 e. The molecule has 0 saturated heterocycles. The molecule has 24 heavy (non-hydrogen) atoms. The highest BCUT2D eigenvalue weighted by Crippen LogP contribution is 2.21. The molecule has 0 aliphatic heterocycles. The average molecular weight is 351 g/mol. The molecule has 0 aliphatic rings. The van der Waals surface area contributed by atoms with Gasteiger partial charge in [0.15, 0.2) is 5.78 Å². The molecule has 0 amide bonds. The highest BCUT2D eigenvalue weighted by atomic mass is 32.2. The number of carbonyl (C=O) groups is 1. The van der Waals surface area contributed by atoms with Crippen LogP contribution in [0.2, 0.25) is 0 Å². The van der Waals surface area contributed by atoms with Gasteiger partial charge >= 0.3 is 0 Å². The fourth-order valence-corrected chi connectivity index (χ4v) is 3.35. The number of thioether (sulfide) groups is 1. The Labute approximate surface area is 146 Å². The van der Waals surface area contributed by atoms with E-state index in [0.717, 1.165) is 30.0 Å². The minimum atomic E-state index is 0.0934. The van der Waals surface area contributed by atoms with Crippen LogP contribution < -0.4 is 0 Å². The topological polar surface area (TPSA) is 74.8 Å². The molecule has 0 fully saturated rings. The molecular weight excluding hydrogens is 326 g/mol. The number of ether oxygens (including phenoxy) is 1. The van der Waals surface area contributed by atoms with Crippen molar-refractivity contribution in [2.75, 3.05) is 19.5 Å². The number of carbonyl (C=O) groups excluding carboxylic acids is 1. The lowest BCUT2D eigenvalue weighted by atomic mass is 10.2. The van der Waals surface area contributed by atoms with Gasteiger partial charge in [0.1, 0.15) is 0 Å². The summed E-state index contributed by atoms with van der Waals surface area (Å²) in [5.41, 5.74) is 2.82. The summed E-state index contributed by atoms with van der Waals surface area (Å²) in [6.07, 6.45) is 0. The highest BCUT2D eigenvalue weighted by molar-refractivity contribution is 7.99. The van der Waals surface area contributed by atoms with Gasteiger partial charge in [-0.3, -0.25) is 4.79 Å². The number of nitrogens with zero attached hydrogens (tertiary/aromatic N) is 5. The van der Waals surface area contributed by atoms with Gasteiger partial charge < -0.3 is 9.30 Å². The van der Waals surface area contributed by atoms with Crippen LogP contribution in [0.4, 0.5) is 0 Å². The Kier molecular flexibility index (Phi) is 6.56. The normalized spacial score (nSPS) is 11.4. The molecule has 0 atom stereocenters. The highest BCUT2D eigenvalue weighted by Gasteiger charge is 2.17. The van der Waals surface area contributed by atoms with E-state index in [4.69, 9.17) is 4.74 Å². The number of rotatable bonds is 9. The van der Waals surface area contributed by atoms with Crippen molar-refractivity contribution >= 4 is 17.5 Å². The molecule has 0 bridgehead atoms. The van der Waals surface area contributed by atoms with Gasteiger partial charge in [0.2, 0.25) is 5.16 Å². The van der Waals surface area contributed by atoms with E-state index >= 15 is 0 Å². The first kappa shape index (κ1) is 18.7. The summed E-state index contributed by atoms with van der Waals surface area (Å²) in [4.78, 5) is 12.6. The Morgan fingerprint density at radius 1 is 1.38 bits per heavy atom. The van der Waals surface area contributed by atoms with Crippen molar-refractivity contribution in [2.45, 2.75) is 45.9 Å². The Hall–Kier alpha value is -1.67. The smallest absolute Gasteiger partial charge is 0.209 e. The van der Waals surface area contributed by atoms with Crippen LogP contribution in [0.1, 0.15) is 35.6 Å². The summed E-state index contributed by atoms with van der Waals surface area (Å²) in [5.74, 6) is 0.867. The molecule has 0 aromatic carbocycles. The van der Waals surface area contributed by atoms with Crippen LogP contribution in [-0.2, 0) is 17.8 Å². The lowest BCUT2D eigenvalue weighted by molar-refractivity contribution is 0.102. The Balaban J connectivity index is 2.04. The predicted molar refractivity (Wildman–Crippen MR) is 93.5 cm³/mol. The lowest BCUT2D eigenvalue weighted by Crippen LogP contribution is -2.11. The summed E-state index contributed by atoms with van der Waals surface area (Å²) in [5, 5.41) is 12.4. The third kappa shape index (κ3) is 4.45. The summed E-state index contributed by atoms with van der Waals surface area (Å²) in [6.45, 7) is 10.3. The minimum Gasteiger partial charge on any atom is -0.383 e. The van der Waals surface area contributed by atoms with Crippen LogP contribution in [0.5, 0.6) is 0 Å². The maximum Gasteiger partial charge on any atom is 0.209 e. The van der Waals surface area contributed by atoms with Crippen LogP contribution in [0, 0.1) is 19.8 Å². The van der Waals surface area contributed by atoms with Crippen molar-refractivity contribution in [3.63, 3.8) is 0 Å². The van der Waals surface area contributed by atoms with E-state index in [1.54, 1.807) is 11.8 Å². The number of aryl methyl sites for hydroxylation is 1. The summed E-state index contributed by atoms with van der Waals surface area (Å²) in [7, 11) is 1.68. The second-order valence-corrected chi connectivity index (χ2v) is 7.12. The molecule has 2 rings (SSSR count). The third-order valence-corrected chi connectivity index (χ3v) is 4.72. The van der Waals surface area contributed by atoms with Crippen LogP contribution in [0.15, 0.2) is 11.2 Å². The molecule has 0 unspecified atom stereocenters. The summed E-state index contributed by atoms with van der Waals surface area (Å²) < 4.78 is 9.00. The van der Waals surface area contributed by atoms with Crippen molar-refractivity contribution in [3.8, 4) is 0 Å². The molecule has 0 aliphatic carbocycles. The van der Waals surface area contributed by atoms with Gasteiger partial charge in [-0.2, -0.15) is 0 Å². The summed E-state index contributed by atoms with van der Waals surface area (Å²) in [6, 6.07) is 1.95. The minimum absolute atomic E-state index is 0.0934. The number of methoxy groups -OCH3 is 1. The van der Waals surface area contributed by atoms with Gasteiger partial charge in [-0.05, 0) is 36.3 Å². The van der Waals surface area contributed by atoms with E-state index in [9.17, 15) is 4.79 Å². The molecule has 2 aromatic heterocycles. The summed E-state index contributed by atoms with van der Waals surface area (Å²) >= 11 is 1.38. The van der Waals surface area contributed by atoms with Crippen LogP contribution in [0.25, 0.3) is 0 Å². The molecule has 8 heteroatoms. The van der Waals surface area contributed by atoms with Gasteiger partial charge in [0.05, 0.1) is 12.4 Å². The van der Waals surface area contributed by atoms with Crippen LogP contribution >= 0.6 is 11.8 Å². The van der Waals surface area contributed by atoms with E-state index in [1.165, 1.54) is 11.8 Å². The second kappa shape index (κ2) is 8.43. The van der Waals surface area contributed by atoms with Crippen LogP contribution in [-0.4, -0.2) is 50.0 Å². The Morgan fingerprint density at radius 3 is 2.79 bits per heavy atom. The van der Waals surface area contributed by atoms with Crippen molar-refractivity contribution < 1.29 is 9.53 Å². The molecule has 0 radical (unpaired) electrons. The fraction of sp³-hybridized carbons (Fsp3) is 0.625. The number of hydrogen-bond acceptors (Lipinski definition) is 6. The average Bonchev–Trinajstić information content (AvgIpc) is 3.07. The first-order chi connectivity index (χ1) is 11.4. The van der Waals surface area contributed by atoms with Crippen LogP contribution in [0.3, 0.4) is 0 Å². The lowest BCUT2D eigenvalue weighted by Gasteiger charge is -2.09. The zero-order chi connectivity index (χ0) is 17.7. The number of tetrazole rings is 1. The van der Waals surface area contributed by atoms with E-state index in [-0.39, 0.29) is 5.78 Å². The first-order valence-electron chi connectivity index (χ1n) is 8.01. The maximum absolute atomic E-state index is 12.6. The van der Waals surface area contributed by atoms with Gasteiger partial charge in [-0.1, -0.05) is 25.6 Å². The SMILES string of the molecule is COCCn1c(C)cc(C(=O)CSc2nnnn2CC(C)C)c1C. The molecule has 2 aromatic rings.